The summed E-state index contributed by atoms with van der Waals surface area (Å²) in [5.41, 5.74) is 0. The Balaban J connectivity index is 0.000000204. The Morgan fingerprint density at radius 2 is 1.50 bits per heavy atom. The van der Waals surface area contributed by atoms with Crippen molar-refractivity contribution in [1.82, 2.24) is 0 Å². The topological polar surface area (TPSA) is 58.9 Å². The number of ether oxygens (including phenoxy) is 2. The molecular weight excluding hydrogens is 256 g/mol. The maximum atomic E-state index is 9.23. The maximum absolute atomic E-state index is 9.23. The number of para-hydroxylation sites is 2. The van der Waals surface area contributed by atoms with Crippen LogP contribution in [0.1, 0.15) is 13.8 Å². The van der Waals surface area contributed by atoms with Crippen molar-refractivity contribution in [1.29, 1.82) is 0 Å². The second-order valence-corrected chi connectivity index (χ2v) is 4.33. The third kappa shape index (κ3) is 5.52. The van der Waals surface area contributed by atoms with Gasteiger partial charge in [-0.15, -0.1) is 0 Å². The van der Waals surface area contributed by atoms with Gasteiger partial charge in [0.2, 0.25) is 0 Å². The van der Waals surface area contributed by atoms with Crippen LogP contribution >= 0.6 is 0 Å². The summed E-state index contributed by atoms with van der Waals surface area (Å²) in [6.07, 6.45) is 0.100. The zero-order valence-corrected chi connectivity index (χ0v) is 11.9. The molecule has 2 rings (SSSR count). The molecule has 0 radical (unpaired) electrons. The molecule has 0 bridgehead atoms. The van der Waals surface area contributed by atoms with Crippen molar-refractivity contribution in [2.45, 2.75) is 20.0 Å². The van der Waals surface area contributed by atoms with E-state index in [1.165, 1.54) is 0 Å². The molecule has 0 aliphatic heterocycles. The predicted molar refractivity (Wildman–Crippen MR) is 78.5 cm³/mol. The summed E-state index contributed by atoms with van der Waals surface area (Å²) in [5.74, 6) is 1.76. The average Bonchev–Trinajstić information content (AvgIpc) is 2.43. The van der Waals surface area contributed by atoms with Crippen LogP contribution < -0.4 is 9.47 Å². The predicted octanol–water partition coefficient (Wildman–Crippen LogP) is 3.58. The minimum absolute atomic E-state index is 0.100. The number of hydrogen-bond acceptors (Lipinski definition) is 4. The molecule has 2 aromatic rings. The highest BCUT2D eigenvalue weighted by Gasteiger charge is 2.01. The van der Waals surface area contributed by atoms with Crippen LogP contribution in [0.5, 0.6) is 23.0 Å². The van der Waals surface area contributed by atoms with Crippen LogP contribution in [-0.4, -0.2) is 23.4 Å². The third-order valence-electron chi connectivity index (χ3n) is 2.30. The Morgan fingerprint density at radius 3 is 2.00 bits per heavy atom. The minimum atomic E-state index is 0.100. The molecule has 108 valence electrons. The van der Waals surface area contributed by atoms with Gasteiger partial charge in [0.1, 0.15) is 11.5 Å². The fraction of sp³-hybridized carbons (Fsp3) is 0.250. The normalized spacial score (nSPS) is 9.60. The summed E-state index contributed by atoms with van der Waals surface area (Å²) in [6, 6.07) is 13.5. The fourth-order valence-electron chi connectivity index (χ4n) is 1.39. The summed E-state index contributed by atoms with van der Waals surface area (Å²) in [7, 11) is 1.59. The molecule has 20 heavy (non-hydrogen) atoms. The SMILES string of the molecule is CC(C)Oc1ccccc1O.COc1ccc(O)cc1. The lowest BCUT2D eigenvalue weighted by molar-refractivity contribution is 0.232. The second kappa shape index (κ2) is 7.94. The first-order valence-electron chi connectivity index (χ1n) is 6.30. The van der Waals surface area contributed by atoms with Gasteiger partial charge < -0.3 is 19.7 Å². The van der Waals surface area contributed by atoms with Gasteiger partial charge in [0.25, 0.3) is 0 Å². The van der Waals surface area contributed by atoms with E-state index in [9.17, 15) is 5.11 Å². The van der Waals surface area contributed by atoms with Crippen LogP contribution in [0, 0.1) is 0 Å². The van der Waals surface area contributed by atoms with Crippen LogP contribution in [0.3, 0.4) is 0 Å². The van der Waals surface area contributed by atoms with Crippen molar-refractivity contribution in [2.75, 3.05) is 7.11 Å². The quantitative estimate of drug-likeness (QED) is 0.899. The summed E-state index contributed by atoms with van der Waals surface area (Å²) >= 11 is 0. The highest BCUT2D eigenvalue weighted by atomic mass is 16.5. The van der Waals surface area contributed by atoms with Crippen molar-refractivity contribution in [3.63, 3.8) is 0 Å². The van der Waals surface area contributed by atoms with Crippen molar-refractivity contribution >= 4 is 0 Å². The number of phenols is 2. The van der Waals surface area contributed by atoms with E-state index in [2.05, 4.69) is 0 Å². The Morgan fingerprint density at radius 1 is 0.900 bits per heavy atom. The lowest BCUT2D eigenvalue weighted by Crippen LogP contribution is -2.05. The largest absolute Gasteiger partial charge is 0.508 e. The summed E-state index contributed by atoms with van der Waals surface area (Å²) < 4.78 is 10.2. The highest BCUT2D eigenvalue weighted by molar-refractivity contribution is 5.37. The van der Waals surface area contributed by atoms with Gasteiger partial charge in [0, 0.05) is 0 Å². The van der Waals surface area contributed by atoms with Gasteiger partial charge in [-0.3, -0.25) is 0 Å². The maximum Gasteiger partial charge on any atom is 0.161 e. The molecule has 0 saturated heterocycles. The Kier molecular flexibility index (Phi) is 6.23. The van der Waals surface area contributed by atoms with E-state index >= 15 is 0 Å². The van der Waals surface area contributed by atoms with E-state index in [4.69, 9.17) is 14.6 Å². The second-order valence-electron chi connectivity index (χ2n) is 4.33. The van der Waals surface area contributed by atoms with Crippen molar-refractivity contribution in [3.8, 4) is 23.0 Å². The zero-order chi connectivity index (χ0) is 15.0. The molecule has 4 heteroatoms. The van der Waals surface area contributed by atoms with Gasteiger partial charge in [-0.1, -0.05) is 12.1 Å². The molecule has 0 saturated carbocycles. The molecule has 0 fully saturated rings. The van der Waals surface area contributed by atoms with E-state index in [1.54, 1.807) is 49.6 Å². The number of rotatable bonds is 3. The number of methoxy groups -OCH3 is 1. The van der Waals surface area contributed by atoms with Crippen LogP contribution in [0.25, 0.3) is 0 Å². The lowest BCUT2D eigenvalue weighted by atomic mass is 10.3. The molecule has 0 amide bonds. The Hall–Kier alpha value is -2.36. The molecule has 2 aromatic carbocycles. The monoisotopic (exact) mass is 276 g/mol. The summed E-state index contributed by atoms with van der Waals surface area (Å²) in [5, 5.41) is 18.0. The molecule has 2 N–H and O–H groups in total. The van der Waals surface area contributed by atoms with Crippen molar-refractivity contribution in [2.24, 2.45) is 0 Å². The van der Waals surface area contributed by atoms with Gasteiger partial charge in [0.15, 0.2) is 11.5 Å². The minimum Gasteiger partial charge on any atom is -0.508 e. The van der Waals surface area contributed by atoms with Gasteiger partial charge in [0.05, 0.1) is 13.2 Å². The van der Waals surface area contributed by atoms with Gasteiger partial charge in [-0.2, -0.15) is 0 Å². The number of phenolic OH excluding ortho intramolecular Hbond substituents is 2. The first-order chi connectivity index (χ1) is 9.52. The first kappa shape index (κ1) is 15.7. The molecule has 0 aromatic heterocycles. The number of benzene rings is 2. The molecule has 0 atom stereocenters. The third-order valence-corrected chi connectivity index (χ3v) is 2.30. The molecular formula is C16H20O4. The summed E-state index contributed by atoms with van der Waals surface area (Å²) in [4.78, 5) is 0. The smallest absolute Gasteiger partial charge is 0.161 e. The molecule has 0 unspecified atom stereocenters. The zero-order valence-electron chi connectivity index (χ0n) is 11.9. The van der Waals surface area contributed by atoms with Gasteiger partial charge in [-0.05, 0) is 50.2 Å². The summed E-state index contributed by atoms with van der Waals surface area (Å²) in [6.45, 7) is 3.85. The lowest BCUT2D eigenvalue weighted by Gasteiger charge is -2.09. The van der Waals surface area contributed by atoms with Crippen LogP contribution in [-0.2, 0) is 0 Å². The van der Waals surface area contributed by atoms with Crippen LogP contribution in [0.2, 0.25) is 0 Å². The van der Waals surface area contributed by atoms with E-state index < -0.39 is 0 Å². The fourth-order valence-corrected chi connectivity index (χ4v) is 1.39. The molecule has 4 nitrogen and oxygen atoms in total. The number of aromatic hydroxyl groups is 2. The molecule has 0 spiro atoms. The molecule has 0 aliphatic rings. The number of hydrogen-bond donors (Lipinski definition) is 2. The highest BCUT2D eigenvalue weighted by Crippen LogP contribution is 2.25. The van der Waals surface area contributed by atoms with E-state index in [0.717, 1.165) is 5.75 Å². The first-order valence-corrected chi connectivity index (χ1v) is 6.30. The van der Waals surface area contributed by atoms with Crippen molar-refractivity contribution < 1.29 is 19.7 Å². The van der Waals surface area contributed by atoms with Crippen LogP contribution in [0.15, 0.2) is 48.5 Å². The Bertz CT molecular complexity index is 506. The van der Waals surface area contributed by atoms with E-state index in [-0.39, 0.29) is 17.6 Å². The Labute approximate surface area is 119 Å². The van der Waals surface area contributed by atoms with E-state index in [1.807, 2.05) is 19.9 Å². The van der Waals surface area contributed by atoms with Gasteiger partial charge >= 0.3 is 0 Å². The standard InChI is InChI=1S/C9H12O2.C7H8O2/c1-7(2)11-9-6-4-3-5-8(9)10;1-9-7-4-2-6(8)3-5-7/h3-7,10H,1-2H3;2-5,8H,1H3. The molecule has 0 heterocycles. The van der Waals surface area contributed by atoms with Crippen LogP contribution in [0.4, 0.5) is 0 Å². The average molecular weight is 276 g/mol. The van der Waals surface area contributed by atoms with Gasteiger partial charge in [-0.25, -0.2) is 0 Å². The molecule has 0 aliphatic carbocycles. The van der Waals surface area contributed by atoms with E-state index in [0.29, 0.717) is 5.75 Å². The van der Waals surface area contributed by atoms with Crippen molar-refractivity contribution in [3.05, 3.63) is 48.5 Å².